The molecule has 2 heterocycles. The fraction of sp³-hybridized carbons (Fsp3) is 0.238. The van der Waals surface area contributed by atoms with E-state index in [1.807, 2.05) is 28.9 Å². The van der Waals surface area contributed by atoms with E-state index in [-0.39, 0.29) is 12.0 Å². The molecule has 1 aliphatic rings. The van der Waals surface area contributed by atoms with Crippen molar-refractivity contribution in [1.82, 2.24) is 9.78 Å². The molecule has 0 aliphatic carbocycles. The molecule has 150 valence electrons. The van der Waals surface area contributed by atoms with E-state index in [0.29, 0.717) is 41.1 Å². The first-order valence-electron chi connectivity index (χ1n) is 9.04. The zero-order chi connectivity index (χ0) is 20.4. The van der Waals surface area contributed by atoms with Gasteiger partial charge in [0, 0.05) is 11.1 Å². The molecule has 3 aromatic rings. The van der Waals surface area contributed by atoms with E-state index in [2.05, 4.69) is 10.4 Å². The number of carbonyl (C=O) groups is 1. The Kier molecular flexibility index (Phi) is 5.42. The summed E-state index contributed by atoms with van der Waals surface area (Å²) in [6.45, 7) is 0.898. The van der Waals surface area contributed by atoms with Crippen LogP contribution < -0.4 is 14.8 Å². The number of hydrogen-bond acceptors (Lipinski definition) is 5. The summed E-state index contributed by atoms with van der Waals surface area (Å²) in [6.07, 6.45) is -0.141. The molecule has 0 saturated heterocycles. The number of halogens is 1. The van der Waals surface area contributed by atoms with E-state index >= 15 is 0 Å². The average molecular weight is 414 g/mol. The highest BCUT2D eigenvalue weighted by atomic mass is 35.5. The van der Waals surface area contributed by atoms with Crippen LogP contribution in [0.5, 0.6) is 11.5 Å². The van der Waals surface area contributed by atoms with Gasteiger partial charge in [0.15, 0.2) is 5.69 Å². The molecule has 2 aromatic carbocycles. The Labute approximate surface area is 173 Å². The average Bonchev–Trinajstić information content (AvgIpc) is 3.18. The molecule has 8 heteroatoms. The number of fused-ring (bicyclic) bond motifs is 1. The van der Waals surface area contributed by atoms with Gasteiger partial charge in [0.1, 0.15) is 17.6 Å². The van der Waals surface area contributed by atoms with Gasteiger partial charge in [0.2, 0.25) is 0 Å². The van der Waals surface area contributed by atoms with E-state index in [1.165, 1.54) is 7.11 Å². The summed E-state index contributed by atoms with van der Waals surface area (Å²) < 4.78 is 18.3. The summed E-state index contributed by atoms with van der Waals surface area (Å²) in [5, 5.41) is 7.98. The van der Waals surface area contributed by atoms with Crippen LogP contribution in [0.15, 0.2) is 48.5 Å². The molecule has 1 aliphatic heterocycles. The van der Waals surface area contributed by atoms with Crippen LogP contribution in [0.2, 0.25) is 5.02 Å². The number of nitrogens with zero attached hydrogens (tertiary/aromatic N) is 2. The van der Waals surface area contributed by atoms with Crippen molar-refractivity contribution >= 4 is 23.2 Å². The molecular formula is C21H20ClN3O4. The maximum Gasteiger partial charge on any atom is 0.276 e. The van der Waals surface area contributed by atoms with Crippen molar-refractivity contribution in [3.63, 3.8) is 0 Å². The Morgan fingerprint density at radius 1 is 1.17 bits per heavy atom. The molecule has 0 fully saturated rings. The third kappa shape index (κ3) is 4.06. The Bertz CT molecular complexity index is 1030. The molecule has 0 radical (unpaired) electrons. The third-order valence-electron chi connectivity index (χ3n) is 4.77. The van der Waals surface area contributed by atoms with Crippen LogP contribution in [0.25, 0.3) is 0 Å². The highest BCUT2D eigenvalue weighted by Crippen LogP contribution is 2.30. The van der Waals surface area contributed by atoms with Gasteiger partial charge in [-0.2, -0.15) is 5.10 Å². The van der Waals surface area contributed by atoms with E-state index in [1.54, 1.807) is 31.4 Å². The Morgan fingerprint density at radius 3 is 2.69 bits per heavy atom. The molecule has 4 rings (SSSR count). The van der Waals surface area contributed by atoms with Gasteiger partial charge in [0.05, 0.1) is 38.8 Å². The summed E-state index contributed by atoms with van der Waals surface area (Å²) in [7, 11) is 3.11. The zero-order valence-corrected chi connectivity index (χ0v) is 16.8. The van der Waals surface area contributed by atoms with Gasteiger partial charge in [-0.15, -0.1) is 0 Å². The molecule has 7 nitrogen and oxygen atoms in total. The van der Waals surface area contributed by atoms with Crippen molar-refractivity contribution in [1.29, 1.82) is 0 Å². The van der Waals surface area contributed by atoms with Crippen molar-refractivity contribution in [2.24, 2.45) is 0 Å². The topological polar surface area (TPSA) is 74.6 Å². The quantitative estimate of drug-likeness (QED) is 0.682. The van der Waals surface area contributed by atoms with Gasteiger partial charge in [-0.25, -0.2) is 0 Å². The number of anilines is 1. The SMILES string of the molecule is COc1ccc(NC(=O)c2cc3n(n2)C[C@H](c2ccc(Cl)cc2)OC3)c(OC)c1. The maximum absolute atomic E-state index is 12.7. The lowest BCUT2D eigenvalue weighted by Gasteiger charge is -2.24. The maximum atomic E-state index is 12.7. The third-order valence-corrected chi connectivity index (χ3v) is 5.02. The van der Waals surface area contributed by atoms with Gasteiger partial charge in [-0.3, -0.25) is 9.48 Å². The fourth-order valence-electron chi connectivity index (χ4n) is 3.20. The highest BCUT2D eigenvalue weighted by Gasteiger charge is 2.24. The second-order valence-corrected chi connectivity index (χ2v) is 7.01. The lowest BCUT2D eigenvalue weighted by molar-refractivity contribution is -0.00118. The molecule has 1 amide bonds. The van der Waals surface area contributed by atoms with Crippen LogP contribution in [0.4, 0.5) is 5.69 Å². The summed E-state index contributed by atoms with van der Waals surface area (Å²) >= 11 is 5.96. The van der Waals surface area contributed by atoms with Gasteiger partial charge >= 0.3 is 0 Å². The number of nitrogens with one attached hydrogen (secondary N) is 1. The second kappa shape index (κ2) is 8.14. The molecule has 1 atom stereocenters. The molecule has 0 bridgehead atoms. The van der Waals surface area contributed by atoms with Crippen LogP contribution in [-0.4, -0.2) is 29.9 Å². The van der Waals surface area contributed by atoms with Crippen LogP contribution in [0.3, 0.4) is 0 Å². The lowest BCUT2D eigenvalue weighted by Crippen LogP contribution is -2.22. The van der Waals surface area contributed by atoms with Crippen LogP contribution in [0, 0.1) is 0 Å². The number of ether oxygens (including phenoxy) is 3. The predicted molar refractivity (Wildman–Crippen MR) is 109 cm³/mol. The number of carbonyl (C=O) groups excluding carboxylic acids is 1. The number of amides is 1. The Balaban J connectivity index is 1.50. The first kappa shape index (κ1) is 19.3. The molecule has 1 aromatic heterocycles. The lowest BCUT2D eigenvalue weighted by atomic mass is 10.1. The summed E-state index contributed by atoms with van der Waals surface area (Å²) in [4.78, 5) is 12.7. The summed E-state index contributed by atoms with van der Waals surface area (Å²) in [6, 6.07) is 14.5. The number of benzene rings is 2. The van der Waals surface area contributed by atoms with E-state index in [4.69, 9.17) is 25.8 Å². The molecule has 0 unspecified atom stereocenters. The van der Waals surface area contributed by atoms with Crippen molar-refractivity contribution in [2.75, 3.05) is 19.5 Å². The van der Waals surface area contributed by atoms with Gasteiger partial charge < -0.3 is 19.5 Å². The summed E-state index contributed by atoms with van der Waals surface area (Å²) in [5.74, 6) is 0.828. The van der Waals surface area contributed by atoms with Gasteiger partial charge in [-0.05, 0) is 35.9 Å². The van der Waals surface area contributed by atoms with Crippen molar-refractivity contribution in [3.05, 3.63) is 70.5 Å². The molecule has 0 spiro atoms. The van der Waals surface area contributed by atoms with Crippen molar-refractivity contribution in [3.8, 4) is 11.5 Å². The first-order chi connectivity index (χ1) is 14.1. The highest BCUT2D eigenvalue weighted by molar-refractivity contribution is 6.30. The molecule has 1 N–H and O–H groups in total. The van der Waals surface area contributed by atoms with E-state index in [9.17, 15) is 4.79 Å². The van der Waals surface area contributed by atoms with Gasteiger partial charge in [0.25, 0.3) is 5.91 Å². The molecule has 0 saturated carbocycles. The van der Waals surface area contributed by atoms with E-state index < -0.39 is 0 Å². The number of methoxy groups -OCH3 is 2. The normalized spacial score (nSPS) is 15.5. The standard InChI is InChI=1S/C21H20ClN3O4/c1-27-16-7-8-17(19(10-16)28-2)23-21(26)18-9-15-12-29-20(11-25(15)24-18)13-3-5-14(22)6-4-13/h3-10,20H,11-12H2,1-2H3,(H,23,26)/t20-/m1/s1. The number of rotatable bonds is 5. The number of hydrogen-bond donors (Lipinski definition) is 1. The second-order valence-electron chi connectivity index (χ2n) is 6.57. The zero-order valence-electron chi connectivity index (χ0n) is 16.0. The largest absolute Gasteiger partial charge is 0.497 e. The van der Waals surface area contributed by atoms with E-state index in [0.717, 1.165) is 11.3 Å². The van der Waals surface area contributed by atoms with Crippen LogP contribution in [0.1, 0.15) is 27.8 Å². The van der Waals surface area contributed by atoms with Gasteiger partial charge in [-0.1, -0.05) is 23.7 Å². The van der Waals surface area contributed by atoms with Crippen molar-refractivity contribution in [2.45, 2.75) is 19.3 Å². The van der Waals surface area contributed by atoms with Crippen LogP contribution in [-0.2, 0) is 17.9 Å². The smallest absolute Gasteiger partial charge is 0.276 e. The predicted octanol–water partition coefficient (Wildman–Crippen LogP) is 4.08. The summed E-state index contributed by atoms with van der Waals surface area (Å²) in [5.41, 5.74) is 2.73. The molecular weight excluding hydrogens is 394 g/mol. The first-order valence-corrected chi connectivity index (χ1v) is 9.42. The minimum Gasteiger partial charge on any atom is -0.497 e. The van der Waals surface area contributed by atoms with Crippen molar-refractivity contribution < 1.29 is 19.0 Å². The minimum absolute atomic E-state index is 0.141. The monoisotopic (exact) mass is 413 g/mol. The molecule has 29 heavy (non-hydrogen) atoms. The minimum atomic E-state index is -0.321. The Morgan fingerprint density at radius 2 is 1.97 bits per heavy atom. The fourth-order valence-corrected chi connectivity index (χ4v) is 3.33. The Hall–Kier alpha value is -3.03. The van der Waals surface area contributed by atoms with Crippen LogP contribution >= 0.6 is 11.6 Å². The number of aromatic nitrogens is 2.